The molecule has 1 fully saturated rings. The van der Waals surface area contributed by atoms with E-state index in [1.54, 1.807) is 37.6 Å². The fourth-order valence-electron chi connectivity index (χ4n) is 3.80. The van der Waals surface area contributed by atoms with Gasteiger partial charge in [0.1, 0.15) is 23.3 Å². The van der Waals surface area contributed by atoms with Gasteiger partial charge in [-0.15, -0.1) is 0 Å². The summed E-state index contributed by atoms with van der Waals surface area (Å²) in [4.78, 5) is 30.1. The van der Waals surface area contributed by atoms with E-state index in [-0.39, 0.29) is 11.5 Å². The summed E-state index contributed by atoms with van der Waals surface area (Å²) >= 11 is 0. The molecule has 4 rings (SSSR count). The summed E-state index contributed by atoms with van der Waals surface area (Å²) in [6.45, 7) is 3.07. The topological polar surface area (TPSA) is 80.4 Å². The second kappa shape index (κ2) is 7.79. The highest BCUT2D eigenvalue weighted by atomic mass is 19.1. The average molecular weight is 398 g/mol. The first-order valence-corrected chi connectivity index (χ1v) is 9.63. The van der Waals surface area contributed by atoms with Gasteiger partial charge in [0.25, 0.3) is 5.56 Å². The van der Waals surface area contributed by atoms with Crippen LogP contribution in [-0.4, -0.2) is 39.6 Å². The van der Waals surface area contributed by atoms with E-state index in [4.69, 9.17) is 4.42 Å². The number of nitrogens with one attached hydrogen (secondary N) is 1. The number of carbonyl (C=O) groups is 1. The Bertz CT molecular complexity index is 1120. The Morgan fingerprint density at radius 2 is 2.24 bits per heavy atom. The van der Waals surface area contributed by atoms with Crippen LogP contribution >= 0.6 is 0 Å². The minimum atomic E-state index is -0.819. The van der Waals surface area contributed by atoms with Crippen LogP contribution in [0.5, 0.6) is 0 Å². The molecule has 1 aliphatic rings. The fourth-order valence-corrected chi connectivity index (χ4v) is 3.80. The number of carbonyl (C=O) groups excluding carboxylic acids is 1. The van der Waals surface area contributed by atoms with E-state index in [1.807, 2.05) is 4.90 Å². The van der Waals surface area contributed by atoms with Gasteiger partial charge in [0.2, 0.25) is 5.91 Å². The third-order valence-electron chi connectivity index (χ3n) is 5.10. The summed E-state index contributed by atoms with van der Waals surface area (Å²) < 4.78 is 21.3. The number of alkyl halides is 1. The lowest BCUT2D eigenvalue weighted by Gasteiger charge is -2.27. The van der Waals surface area contributed by atoms with Crippen LogP contribution in [0.3, 0.4) is 0 Å². The summed E-state index contributed by atoms with van der Waals surface area (Å²) in [6.07, 6.45) is 3.90. The van der Waals surface area contributed by atoms with Crippen molar-refractivity contribution in [2.75, 3.05) is 18.4 Å². The van der Waals surface area contributed by atoms with Crippen molar-refractivity contribution in [3.63, 3.8) is 0 Å². The molecule has 0 saturated carbocycles. The number of anilines is 1. The number of aryl methyl sites for hydroxylation is 1. The molecule has 1 saturated heterocycles. The van der Waals surface area contributed by atoms with Gasteiger partial charge in [-0.25, -0.2) is 9.37 Å². The first kappa shape index (κ1) is 19.3. The standard InChI is InChI=1S/C21H23FN4O3/c1-13(27)24-19-8-14(5-6-23-19)18-12-25(2)21(28)17-9-16(29-20(17)18)11-26-7-3-4-15(22)10-26/h5-6,8-9,12,15H,3-4,7,10-11H2,1-2H3,(H,23,24,27). The maximum atomic E-state index is 13.7. The number of likely N-dealkylation sites (tertiary alicyclic amines) is 1. The van der Waals surface area contributed by atoms with Crippen LogP contribution in [0.15, 0.2) is 39.8 Å². The number of halogens is 1. The van der Waals surface area contributed by atoms with E-state index in [2.05, 4.69) is 10.3 Å². The molecule has 152 valence electrons. The lowest BCUT2D eigenvalue weighted by atomic mass is 10.1. The molecule has 3 aromatic rings. The van der Waals surface area contributed by atoms with Crippen molar-refractivity contribution in [1.82, 2.24) is 14.5 Å². The van der Waals surface area contributed by atoms with Gasteiger partial charge in [-0.1, -0.05) is 0 Å². The first-order valence-electron chi connectivity index (χ1n) is 9.63. The zero-order valence-electron chi connectivity index (χ0n) is 16.4. The van der Waals surface area contributed by atoms with Gasteiger partial charge in [-0.05, 0) is 43.1 Å². The van der Waals surface area contributed by atoms with Crippen LogP contribution in [-0.2, 0) is 18.4 Å². The third kappa shape index (κ3) is 4.07. The Morgan fingerprint density at radius 1 is 1.41 bits per heavy atom. The minimum Gasteiger partial charge on any atom is -0.459 e. The predicted octanol–water partition coefficient (Wildman–Crippen LogP) is 3.09. The lowest BCUT2D eigenvalue weighted by Crippen LogP contribution is -2.35. The van der Waals surface area contributed by atoms with Gasteiger partial charge < -0.3 is 14.3 Å². The van der Waals surface area contributed by atoms with Crippen LogP contribution in [0.25, 0.3) is 22.1 Å². The number of hydrogen-bond acceptors (Lipinski definition) is 5. The van der Waals surface area contributed by atoms with Crippen molar-refractivity contribution in [2.45, 2.75) is 32.5 Å². The van der Waals surface area contributed by atoms with Crippen LogP contribution in [0.4, 0.5) is 10.2 Å². The van der Waals surface area contributed by atoms with Crippen molar-refractivity contribution in [1.29, 1.82) is 0 Å². The van der Waals surface area contributed by atoms with Crippen molar-refractivity contribution in [3.05, 3.63) is 46.7 Å². The van der Waals surface area contributed by atoms with E-state index < -0.39 is 6.17 Å². The number of hydrogen-bond donors (Lipinski definition) is 1. The van der Waals surface area contributed by atoms with Crippen molar-refractivity contribution >= 4 is 22.7 Å². The monoisotopic (exact) mass is 398 g/mol. The highest BCUT2D eigenvalue weighted by Gasteiger charge is 2.22. The molecular formula is C21H23FN4O3. The number of fused-ring (bicyclic) bond motifs is 1. The van der Waals surface area contributed by atoms with E-state index in [0.717, 1.165) is 24.1 Å². The molecule has 1 unspecified atom stereocenters. The van der Waals surface area contributed by atoms with Crippen molar-refractivity contribution in [3.8, 4) is 11.1 Å². The number of piperidine rings is 1. The molecule has 0 bridgehead atoms. The Hall–Kier alpha value is -3.00. The fraction of sp³-hybridized carbons (Fsp3) is 0.381. The summed E-state index contributed by atoms with van der Waals surface area (Å²) in [7, 11) is 1.69. The predicted molar refractivity (Wildman–Crippen MR) is 108 cm³/mol. The van der Waals surface area contributed by atoms with Gasteiger partial charge in [0, 0.05) is 38.5 Å². The average Bonchev–Trinajstić information content (AvgIpc) is 3.08. The number of aromatic nitrogens is 2. The molecule has 1 amide bonds. The Morgan fingerprint density at radius 3 is 3.00 bits per heavy atom. The van der Waals surface area contributed by atoms with E-state index >= 15 is 0 Å². The molecule has 0 aromatic carbocycles. The summed E-state index contributed by atoms with van der Waals surface area (Å²) in [5, 5.41) is 3.14. The lowest BCUT2D eigenvalue weighted by molar-refractivity contribution is -0.114. The zero-order chi connectivity index (χ0) is 20.5. The van der Waals surface area contributed by atoms with Crippen molar-refractivity contribution in [2.24, 2.45) is 7.05 Å². The molecule has 3 aromatic heterocycles. The Balaban J connectivity index is 1.75. The Labute approximate surface area is 167 Å². The largest absolute Gasteiger partial charge is 0.459 e. The second-order valence-corrected chi connectivity index (χ2v) is 7.50. The number of nitrogens with zero attached hydrogens (tertiary/aromatic N) is 3. The molecule has 0 radical (unpaired) electrons. The number of rotatable bonds is 4. The molecule has 29 heavy (non-hydrogen) atoms. The molecule has 4 heterocycles. The molecule has 1 atom stereocenters. The molecule has 0 aliphatic carbocycles. The van der Waals surface area contributed by atoms with E-state index in [1.165, 1.54) is 11.5 Å². The maximum Gasteiger partial charge on any atom is 0.261 e. The molecule has 1 N–H and O–H groups in total. The number of pyridine rings is 2. The molecular weight excluding hydrogens is 375 g/mol. The minimum absolute atomic E-state index is 0.156. The zero-order valence-corrected chi connectivity index (χ0v) is 16.4. The van der Waals surface area contributed by atoms with E-state index in [9.17, 15) is 14.0 Å². The molecule has 1 aliphatic heterocycles. The molecule has 8 heteroatoms. The van der Waals surface area contributed by atoms with Crippen LogP contribution in [0.1, 0.15) is 25.5 Å². The quantitative estimate of drug-likeness (QED) is 0.731. The summed E-state index contributed by atoms with van der Waals surface area (Å²) in [6, 6.07) is 5.28. The normalized spacial score (nSPS) is 17.6. The Kier molecular flexibility index (Phi) is 5.19. The summed E-state index contributed by atoms with van der Waals surface area (Å²) in [5.74, 6) is 0.842. The smallest absolute Gasteiger partial charge is 0.261 e. The van der Waals surface area contributed by atoms with Gasteiger partial charge in [0.05, 0.1) is 11.9 Å². The van der Waals surface area contributed by atoms with Gasteiger partial charge >= 0.3 is 0 Å². The highest BCUT2D eigenvalue weighted by molar-refractivity contribution is 5.93. The highest BCUT2D eigenvalue weighted by Crippen LogP contribution is 2.30. The van der Waals surface area contributed by atoms with Crippen molar-refractivity contribution < 1.29 is 13.6 Å². The number of furan rings is 1. The third-order valence-corrected chi connectivity index (χ3v) is 5.10. The molecule has 7 nitrogen and oxygen atoms in total. The van der Waals surface area contributed by atoms with Gasteiger partial charge in [-0.2, -0.15) is 0 Å². The van der Waals surface area contributed by atoms with Crippen LogP contribution in [0.2, 0.25) is 0 Å². The summed E-state index contributed by atoms with van der Waals surface area (Å²) in [5.41, 5.74) is 1.82. The first-order chi connectivity index (χ1) is 13.9. The van der Waals surface area contributed by atoms with E-state index in [0.29, 0.717) is 42.1 Å². The second-order valence-electron chi connectivity index (χ2n) is 7.50. The van der Waals surface area contributed by atoms with Gasteiger partial charge in [0.15, 0.2) is 0 Å². The van der Waals surface area contributed by atoms with Crippen LogP contribution < -0.4 is 10.9 Å². The van der Waals surface area contributed by atoms with Crippen LogP contribution in [0, 0.1) is 0 Å². The number of amides is 1. The maximum absolute atomic E-state index is 13.7. The molecule has 0 spiro atoms. The SMILES string of the molecule is CC(=O)Nc1cc(-c2cn(C)c(=O)c3cc(CN4CCCC(F)C4)oc23)ccn1. The van der Waals surface area contributed by atoms with Gasteiger partial charge in [-0.3, -0.25) is 14.5 Å².